The zero-order valence-electron chi connectivity index (χ0n) is 9.54. The molecule has 3 rings (SSSR count). The lowest BCUT2D eigenvalue weighted by Crippen LogP contribution is -2.53. The zero-order valence-corrected chi connectivity index (χ0v) is 14.3. The molecule has 1 spiro atoms. The van der Waals surface area contributed by atoms with Gasteiger partial charge in [-0.3, -0.25) is 14.5 Å². The van der Waals surface area contributed by atoms with Crippen molar-refractivity contribution in [2.24, 2.45) is 0 Å². The number of halogens is 3. The number of carbonyl (C=O) groups is 2. The highest BCUT2D eigenvalue weighted by Crippen LogP contribution is 2.49. The predicted octanol–water partition coefficient (Wildman–Crippen LogP) is 3.19. The Labute approximate surface area is 134 Å². The smallest absolute Gasteiger partial charge is 0.283 e. The van der Waals surface area contributed by atoms with E-state index >= 15 is 0 Å². The molecule has 0 aromatic heterocycles. The van der Waals surface area contributed by atoms with E-state index in [0.717, 1.165) is 4.47 Å². The third-order valence-corrected chi connectivity index (χ3v) is 5.90. The van der Waals surface area contributed by atoms with Gasteiger partial charge in [0.1, 0.15) is 5.75 Å². The van der Waals surface area contributed by atoms with Crippen LogP contribution in [0.4, 0.5) is 0 Å². The van der Waals surface area contributed by atoms with Gasteiger partial charge < -0.3 is 4.74 Å². The molecule has 1 atom stereocenters. The molecule has 1 amide bonds. The van der Waals surface area contributed by atoms with Gasteiger partial charge in [-0.15, -0.1) is 0 Å². The molecule has 2 heterocycles. The molecule has 98 valence electrons. The van der Waals surface area contributed by atoms with Gasteiger partial charge in [0.15, 0.2) is 0 Å². The second-order valence-electron chi connectivity index (χ2n) is 4.21. The van der Waals surface area contributed by atoms with E-state index in [4.69, 9.17) is 4.74 Å². The summed E-state index contributed by atoms with van der Waals surface area (Å²) in [5, 5.41) is 0. The van der Waals surface area contributed by atoms with Crippen LogP contribution in [0.3, 0.4) is 0 Å². The van der Waals surface area contributed by atoms with Gasteiger partial charge >= 0.3 is 0 Å². The number of Topliss-reactive ketones (excluding diaryl/α,β-unsaturated/α-hetero) is 1. The Morgan fingerprint density at radius 1 is 1.21 bits per heavy atom. The standard InChI is InChI=1S/C12H6Br3NO3/c1-16-11(18)8(14)9(15)12(16)10(17)6-4-5(13)2-3-7(6)19-12/h2-4H,1H3. The van der Waals surface area contributed by atoms with Gasteiger partial charge in [0.25, 0.3) is 11.6 Å². The number of carbonyl (C=O) groups excluding carboxylic acids is 2. The maximum absolute atomic E-state index is 12.7. The van der Waals surface area contributed by atoms with Crippen molar-refractivity contribution in [2.45, 2.75) is 5.72 Å². The number of amides is 1. The van der Waals surface area contributed by atoms with E-state index in [2.05, 4.69) is 47.8 Å². The first-order valence-corrected chi connectivity index (χ1v) is 7.64. The van der Waals surface area contributed by atoms with Crippen LogP contribution >= 0.6 is 47.8 Å². The number of rotatable bonds is 0. The fraction of sp³-hybridized carbons (Fsp3) is 0.167. The second-order valence-corrected chi connectivity index (χ2v) is 6.71. The molecule has 19 heavy (non-hydrogen) atoms. The van der Waals surface area contributed by atoms with Crippen LogP contribution in [-0.4, -0.2) is 29.4 Å². The Morgan fingerprint density at radius 2 is 1.89 bits per heavy atom. The number of likely N-dealkylation sites (N-methyl/N-ethyl adjacent to an activating group) is 1. The molecule has 7 heteroatoms. The van der Waals surface area contributed by atoms with Crippen LogP contribution in [0.1, 0.15) is 10.4 Å². The number of ketones is 1. The van der Waals surface area contributed by atoms with E-state index in [-0.39, 0.29) is 11.7 Å². The molecular weight excluding hydrogens is 446 g/mol. The van der Waals surface area contributed by atoms with Crippen molar-refractivity contribution >= 4 is 59.5 Å². The molecule has 0 saturated carbocycles. The Bertz CT molecular complexity index is 670. The first-order chi connectivity index (χ1) is 8.89. The number of nitrogens with zero attached hydrogens (tertiary/aromatic N) is 1. The summed E-state index contributed by atoms with van der Waals surface area (Å²) in [6.45, 7) is 0. The summed E-state index contributed by atoms with van der Waals surface area (Å²) in [7, 11) is 1.54. The van der Waals surface area contributed by atoms with E-state index in [1.165, 1.54) is 11.9 Å². The lowest BCUT2D eigenvalue weighted by Gasteiger charge is -2.30. The molecule has 2 aliphatic heterocycles. The number of hydrogen-bond donors (Lipinski definition) is 0. The van der Waals surface area contributed by atoms with Crippen LogP contribution in [0, 0.1) is 0 Å². The molecule has 0 radical (unpaired) electrons. The first-order valence-electron chi connectivity index (χ1n) is 5.27. The van der Waals surface area contributed by atoms with Gasteiger partial charge in [0.2, 0.25) is 5.78 Å². The minimum Gasteiger partial charge on any atom is -0.454 e. The number of benzene rings is 1. The van der Waals surface area contributed by atoms with Crippen molar-refractivity contribution < 1.29 is 14.3 Å². The topological polar surface area (TPSA) is 46.6 Å². The molecule has 4 nitrogen and oxygen atoms in total. The summed E-state index contributed by atoms with van der Waals surface area (Å²) in [5.74, 6) is -0.0972. The van der Waals surface area contributed by atoms with Crippen molar-refractivity contribution in [1.29, 1.82) is 0 Å². The van der Waals surface area contributed by atoms with E-state index in [1.54, 1.807) is 18.2 Å². The minimum atomic E-state index is -1.42. The molecular formula is C12H6Br3NO3. The average molecular weight is 452 g/mol. The van der Waals surface area contributed by atoms with Crippen molar-refractivity contribution in [3.63, 3.8) is 0 Å². The summed E-state index contributed by atoms with van der Waals surface area (Å²) in [6.07, 6.45) is 0. The third-order valence-electron chi connectivity index (χ3n) is 3.21. The Morgan fingerprint density at radius 3 is 2.47 bits per heavy atom. The summed E-state index contributed by atoms with van der Waals surface area (Å²) < 4.78 is 7.27. The molecule has 2 aliphatic rings. The summed E-state index contributed by atoms with van der Waals surface area (Å²) >= 11 is 9.80. The quantitative estimate of drug-likeness (QED) is 0.608. The molecule has 1 unspecified atom stereocenters. The molecule has 0 N–H and O–H groups in total. The lowest BCUT2D eigenvalue weighted by atomic mass is 10.0. The van der Waals surface area contributed by atoms with Crippen LogP contribution in [-0.2, 0) is 4.79 Å². The van der Waals surface area contributed by atoms with Crippen molar-refractivity contribution in [2.75, 3.05) is 7.05 Å². The van der Waals surface area contributed by atoms with Crippen LogP contribution in [0.5, 0.6) is 5.75 Å². The highest BCUT2D eigenvalue weighted by atomic mass is 79.9. The van der Waals surface area contributed by atoms with E-state index < -0.39 is 5.72 Å². The zero-order chi connectivity index (χ0) is 13.9. The molecule has 0 aliphatic carbocycles. The highest BCUT2D eigenvalue weighted by Gasteiger charge is 2.60. The van der Waals surface area contributed by atoms with Gasteiger partial charge in [-0.1, -0.05) is 15.9 Å². The van der Waals surface area contributed by atoms with Gasteiger partial charge in [-0.2, -0.15) is 0 Å². The van der Waals surface area contributed by atoms with Gasteiger partial charge in [0.05, 0.1) is 14.5 Å². The van der Waals surface area contributed by atoms with Crippen LogP contribution in [0.2, 0.25) is 0 Å². The lowest BCUT2D eigenvalue weighted by molar-refractivity contribution is -0.131. The fourth-order valence-electron chi connectivity index (χ4n) is 2.20. The van der Waals surface area contributed by atoms with Crippen LogP contribution in [0.25, 0.3) is 0 Å². The van der Waals surface area contributed by atoms with Crippen LogP contribution < -0.4 is 4.74 Å². The molecule has 0 saturated heterocycles. The van der Waals surface area contributed by atoms with Crippen molar-refractivity contribution in [3.8, 4) is 5.75 Å². The summed E-state index contributed by atoms with van der Waals surface area (Å²) in [5.41, 5.74) is -0.966. The fourth-order valence-corrected chi connectivity index (χ4v) is 3.79. The van der Waals surface area contributed by atoms with Crippen molar-refractivity contribution in [3.05, 3.63) is 37.2 Å². The Kier molecular flexibility index (Phi) is 2.92. The molecule has 0 bridgehead atoms. The first kappa shape index (κ1) is 13.3. The normalized spacial score (nSPS) is 25.4. The maximum atomic E-state index is 12.7. The number of fused-ring (bicyclic) bond motifs is 1. The number of ether oxygens (including phenoxy) is 1. The van der Waals surface area contributed by atoms with E-state index in [1.807, 2.05) is 0 Å². The van der Waals surface area contributed by atoms with E-state index in [9.17, 15) is 9.59 Å². The summed E-state index contributed by atoms with van der Waals surface area (Å²) in [4.78, 5) is 25.9. The molecule has 1 aromatic rings. The summed E-state index contributed by atoms with van der Waals surface area (Å²) in [6, 6.07) is 5.18. The predicted molar refractivity (Wildman–Crippen MR) is 79.5 cm³/mol. The van der Waals surface area contributed by atoms with Gasteiger partial charge in [-0.25, -0.2) is 0 Å². The Hall–Kier alpha value is -0.660. The highest BCUT2D eigenvalue weighted by molar-refractivity contribution is 9.14. The van der Waals surface area contributed by atoms with Crippen LogP contribution in [0.15, 0.2) is 31.6 Å². The van der Waals surface area contributed by atoms with Gasteiger partial charge in [0, 0.05) is 11.5 Å². The SMILES string of the molecule is CN1C(=O)C(Br)=C(Br)C12Oc1ccc(Br)cc1C2=O. The Balaban J connectivity index is 2.21. The minimum absolute atomic E-state index is 0.263. The second kappa shape index (κ2) is 4.17. The molecule has 0 fully saturated rings. The third kappa shape index (κ3) is 1.55. The van der Waals surface area contributed by atoms with Crippen molar-refractivity contribution in [1.82, 2.24) is 4.90 Å². The largest absolute Gasteiger partial charge is 0.454 e. The number of hydrogen-bond acceptors (Lipinski definition) is 3. The van der Waals surface area contributed by atoms with Gasteiger partial charge in [-0.05, 0) is 50.1 Å². The molecule has 1 aromatic carbocycles. The maximum Gasteiger partial charge on any atom is 0.283 e. The van der Waals surface area contributed by atoms with E-state index in [0.29, 0.717) is 20.3 Å². The monoisotopic (exact) mass is 449 g/mol. The average Bonchev–Trinajstić information content (AvgIpc) is 2.76.